The average Bonchev–Trinajstić information content (AvgIpc) is 3.98. The molecule has 8 rings (SSSR count). The van der Waals surface area contributed by atoms with Gasteiger partial charge in [0.1, 0.15) is 28.9 Å². The van der Waals surface area contributed by atoms with Gasteiger partial charge in [0.05, 0.1) is 64.2 Å². The van der Waals surface area contributed by atoms with Gasteiger partial charge in [-0.05, 0) is 94.4 Å². The van der Waals surface area contributed by atoms with E-state index in [1.807, 2.05) is 31.7 Å². The Morgan fingerprint density at radius 2 is 1.76 bits per heavy atom. The quantitative estimate of drug-likeness (QED) is 0.0277. The van der Waals surface area contributed by atoms with E-state index >= 15 is 4.39 Å². The van der Waals surface area contributed by atoms with Crippen molar-refractivity contribution in [3.63, 3.8) is 0 Å². The molecule has 20 heteroatoms. The number of carboxylic acids is 1. The molecule has 0 saturated carbocycles. The van der Waals surface area contributed by atoms with Gasteiger partial charge in [-0.15, -0.1) is 0 Å². The number of aryl methyl sites for hydroxylation is 1. The first kappa shape index (κ1) is 56.8. The number of phenols is 3. The number of hydrogen-bond donors (Lipinski definition) is 7. The first-order valence-corrected chi connectivity index (χ1v) is 25.0. The molecule has 1 saturated heterocycles. The van der Waals surface area contributed by atoms with Crippen molar-refractivity contribution in [1.29, 1.82) is 0 Å². The fraction of sp³-hybridized carbons (Fsp3) is 0.455. The van der Waals surface area contributed by atoms with Gasteiger partial charge in [-0.2, -0.15) is 5.10 Å². The smallest absolute Gasteiger partial charge is 0.341 e. The number of ether oxygens (including phenoxy) is 3. The number of ketones is 1. The second kappa shape index (κ2) is 24.3. The summed E-state index contributed by atoms with van der Waals surface area (Å²) < 4.78 is 34.5. The molecular weight excluding hydrogens is 974 g/mol. The number of halogens is 1. The van der Waals surface area contributed by atoms with Crippen LogP contribution in [0.25, 0.3) is 16.3 Å². The van der Waals surface area contributed by atoms with Crippen molar-refractivity contribution in [3.05, 3.63) is 98.0 Å². The van der Waals surface area contributed by atoms with Gasteiger partial charge in [-0.1, -0.05) is 45.4 Å². The molecule has 404 valence electrons. The maximum absolute atomic E-state index is 16.3. The number of aliphatic hydroxyl groups excluding tert-OH is 2. The summed E-state index contributed by atoms with van der Waals surface area (Å²) >= 11 is 0. The number of phenolic OH excluding ortho intramolecular Hbond substituents is 3. The Balaban J connectivity index is 0.00000452. The second-order valence-electron chi connectivity index (χ2n) is 19.4. The number of aromatic hydroxyl groups is 3. The highest BCUT2D eigenvalue weighted by molar-refractivity contribution is 6.23. The molecule has 0 spiro atoms. The van der Waals surface area contributed by atoms with Crippen molar-refractivity contribution in [2.75, 3.05) is 37.5 Å². The lowest BCUT2D eigenvalue weighted by atomic mass is 9.92. The van der Waals surface area contributed by atoms with Gasteiger partial charge in [-0.25, -0.2) is 9.18 Å². The molecule has 0 radical (unpaired) electrons. The second-order valence-corrected chi connectivity index (χ2v) is 19.4. The van der Waals surface area contributed by atoms with Gasteiger partial charge in [0.25, 0.3) is 11.5 Å². The minimum atomic E-state index is -1.57. The fourth-order valence-electron chi connectivity index (χ4n) is 10.0. The number of aromatic nitrogens is 1. The summed E-state index contributed by atoms with van der Waals surface area (Å²) in [6.45, 7) is 12.5. The van der Waals surface area contributed by atoms with Crippen molar-refractivity contribution >= 4 is 57.5 Å². The summed E-state index contributed by atoms with van der Waals surface area (Å²) in [6, 6.07) is 1.01. The number of carbonyl (C=O) groups excluding carboxylic acids is 3. The number of pyridine rings is 2. The van der Waals surface area contributed by atoms with Crippen LogP contribution < -0.4 is 20.5 Å². The monoisotopic (exact) mass is 1040 g/mol. The highest BCUT2D eigenvalue weighted by Gasteiger charge is 2.41. The highest BCUT2D eigenvalue weighted by Crippen LogP contribution is 2.54. The number of aliphatic hydroxyl groups is 2. The molecular formula is C55H68FN5O14. The zero-order valence-electron chi connectivity index (χ0n) is 43.8. The van der Waals surface area contributed by atoms with Crippen LogP contribution in [-0.4, -0.2) is 122 Å². The SMILES string of the molecule is CCCC(C)c1cc(C(=O)O)c(=O)n2cc(F)c(N3CCC(N(C)/N=C/c4c5c(O)c6c(O)c(C)c7c(c6c4O)C(=O)C(O/C=C/CCC(OC(C)=O)CC(O)CCC(C)/C=C/C=C(/C)C(=O)N5)O7)C3)c(C)c12.CO. The number of carbonyl (C=O) groups is 4. The van der Waals surface area contributed by atoms with Gasteiger partial charge in [0.2, 0.25) is 5.78 Å². The molecule has 2 aromatic heterocycles. The minimum absolute atomic E-state index is 0.0201. The topological polar surface area (TPSA) is 270 Å². The Morgan fingerprint density at radius 3 is 2.44 bits per heavy atom. The first-order valence-electron chi connectivity index (χ1n) is 25.0. The van der Waals surface area contributed by atoms with Crippen LogP contribution in [0.1, 0.15) is 135 Å². The molecule has 75 heavy (non-hydrogen) atoms. The van der Waals surface area contributed by atoms with Crippen molar-refractivity contribution < 1.29 is 68.4 Å². The largest absolute Gasteiger partial charge is 0.507 e. The zero-order valence-corrected chi connectivity index (χ0v) is 43.8. The lowest BCUT2D eigenvalue weighted by Gasteiger charge is -2.26. The number of nitrogens with one attached hydrogen (secondary N) is 1. The van der Waals surface area contributed by atoms with Crippen LogP contribution in [-0.2, 0) is 19.1 Å². The standard InChI is InChI=1S/C54H64FN5O13.CH4O/c1-9-13-28(3)36-23-37(53(69)70)52(68)60-26-39(55)45(30(5)44(36)60)59-20-19-33(25-59)58(8)56-24-38-43-48(65)41-40(47(38)64)42-49(66)54(73-50(42)31(6)46(41)63)71-21-11-10-16-35(72-32(7)61)22-34(62)18-17-27(2)14-12-15-29(4)51(67)57-43;1-2/h11-12,14-15,21,23-24,26-28,33-35,54,62-65H,9-10,13,16-20,22,25H2,1-8H3,(H,57,67)(H,69,70);2H,1H3/b14-12+,21-11+,29-15-,56-24+;. The minimum Gasteiger partial charge on any atom is -0.507 e. The van der Waals surface area contributed by atoms with Gasteiger partial charge < -0.3 is 55.1 Å². The molecule has 4 aliphatic rings. The molecule has 4 aliphatic heterocycles. The van der Waals surface area contributed by atoms with Crippen LogP contribution in [0.15, 0.2) is 58.3 Å². The number of rotatable bonds is 9. The van der Waals surface area contributed by atoms with E-state index in [4.69, 9.17) is 19.3 Å². The molecule has 1 fully saturated rings. The first-order chi connectivity index (χ1) is 35.6. The predicted molar refractivity (Wildman–Crippen MR) is 281 cm³/mol. The number of nitrogens with zero attached hydrogens (tertiary/aromatic N) is 4. The third-order valence-corrected chi connectivity index (χ3v) is 14.0. The molecule has 0 aliphatic carbocycles. The third kappa shape index (κ3) is 11.9. The van der Waals surface area contributed by atoms with Crippen molar-refractivity contribution in [2.24, 2.45) is 11.0 Å². The van der Waals surface area contributed by atoms with Crippen LogP contribution in [0.3, 0.4) is 0 Å². The van der Waals surface area contributed by atoms with Crippen LogP contribution in [0.2, 0.25) is 0 Å². The lowest BCUT2D eigenvalue weighted by Crippen LogP contribution is -2.32. The fourth-order valence-corrected chi connectivity index (χ4v) is 10.0. The van der Waals surface area contributed by atoms with Crippen molar-refractivity contribution in [1.82, 2.24) is 9.41 Å². The molecule has 6 heterocycles. The van der Waals surface area contributed by atoms with E-state index in [9.17, 15) is 49.5 Å². The summed E-state index contributed by atoms with van der Waals surface area (Å²) in [4.78, 5) is 67.3. The van der Waals surface area contributed by atoms with Gasteiger partial charge >= 0.3 is 18.2 Å². The summed E-state index contributed by atoms with van der Waals surface area (Å²) in [5, 5.41) is 71.9. The number of esters is 1. The number of allylic oxidation sites excluding steroid dienone is 4. The molecule has 6 unspecified atom stereocenters. The third-order valence-electron chi connectivity index (χ3n) is 14.0. The van der Waals surface area contributed by atoms with E-state index in [0.717, 1.165) is 24.1 Å². The number of fused-ring (bicyclic) bond motifs is 15. The van der Waals surface area contributed by atoms with E-state index in [2.05, 4.69) is 10.4 Å². The maximum atomic E-state index is 16.3. The van der Waals surface area contributed by atoms with E-state index in [1.54, 1.807) is 37.2 Å². The Hall–Kier alpha value is -7.45. The molecule has 19 nitrogen and oxygen atoms in total. The molecule has 2 aromatic carbocycles. The Morgan fingerprint density at radius 1 is 1.04 bits per heavy atom. The Kier molecular flexibility index (Phi) is 18.4. The number of benzene rings is 2. The van der Waals surface area contributed by atoms with Gasteiger partial charge in [0.15, 0.2) is 11.6 Å². The van der Waals surface area contributed by atoms with E-state index in [0.29, 0.717) is 61.7 Å². The van der Waals surface area contributed by atoms with E-state index in [-0.39, 0.29) is 81.0 Å². The maximum Gasteiger partial charge on any atom is 0.341 e. The predicted octanol–water partition coefficient (Wildman–Crippen LogP) is 7.85. The van der Waals surface area contributed by atoms with Crippen LogP contribution >= 0.6 is 0 Å². The Labute approximate surface area is 433 Å². The number of anilines is 2. The molecule has 4 aromatic rings. The summed E-state index contributed by atoms with van der Waals surface area (Å²) in [5.74, 6) is -6.21. The molecule has 5 bridgehead atoms. The molecule has 6 atom stereocenters. The summed E-state index contributed by atoms with van der Waals surface area (Å²) in [5.41, 5.74) is -0.0693. The molecule has 7 N–H and O–H groups in total. The van der Waals surface area contributed by atoms with Crippen LogP contribution in [0.5, 0.6) is 23.0 Å². The van der Waals surface area contributed by atoms with Crippen molar-refractivity contribution in [2.45, 2.75) is 130 Å². The zero-order chi connectivity index (χ0) is 55.2. The summed E-state index contributed by atoms with van der Waals surface area (Å²) in [6.07, 6.45) is 11.1. The van der Waals surface area contributed by atoms with Gasteiger partial charge in [0, 0.05) is 57.1 Å². The number of hydrazone groups is 1. The number of carboxylic acid groups (broad SMARTS) is 1. The Bertz CT molecular complexity index is 3050. The molecule has 1 amide bonds. The van der Waals surface area contributed by atoms with Crippen LogP contribution in [0, 0.1) is 25.6 Å². The highest BCUT2D eigenvalue weighted by atomic mass is 19.1. The number of likely N-dealkylation sites (N-methyl/N-ethyl adjacent to an activating group) is 1. The van der Waals surface area contributed by atoms with Gasteiger partial charge in [-0.3, -0.25) is 28.6 Å². The van der Waals surface area contributed by atoms with Crippen LogP contribution in [0.4, 0.5) is 15.8 Å². The van der Waals surface area contributed by atoms with E-state index in [1.165, 1.54) is 39.3 Å². The van der Waals surface area contributed by atoms with Crippen molar-refractivity contribution in [3.8, 4) is 23.0 Å². The lowest BCUT2D eigenvalue weighted by molar-refractivity contribution is -0.148. The van der Waals surface area contributed by atoms with E-state index < -0.39 is 76.3 Å². The number of Topliss-reactive ketones (excluding diaryl/α,β-unsaturated/α-hetero) is 1. The average molecular weight is 1040 g/mol. The number of amides is 1. The summed E-state index contributed by atoms with van der Waals surface area (Å²) in [7, 11) is 2.65. The normalized spacial score (nSPS) is 22.5. The number of hydrogen-bond acceptors (Lipinski definition) is 16. The number of aromatic carboxylic acids is 1.